The van der Waals surface area contributed by atoms with E-state index in [4.69, 9.17) is 47.7 Å². The largest absolute Gasteiger partial charge is 0.497 e. The van der Waals surface area contributed by atoms with E-state index < -0.39 is 5.09 Å². The van der Waals surface area contributed by atoms with E-state index >= 15 is 0 Å². The van der Waals surface area contributed by atoms with Gasteiger partial charge in [0.2, 0.25) is 0 Å². The third kappa shape index (κ3) is 13.1. The summed E-state index contributed by atoms with van der Waals surface area (Å²) >= 11 is 0. The van der Waals surface area contributed by atoms with Crippen LogP contribution in [0.5, 0.6) is 11.5 Å². The summed E-state index contributed by atoms with van der Waals surface area (Å²) in [6.07, 6.45) is 7.53. The number of methoxy groups -OCH3 is 2. The van der Waals surface area contributed by atoms with Gasteiger partial charge < -0.3 is 30.3 Å². The maximum absolute atomic E-state index is 8.25. The lowest BCUT2D eigenvalue weighted by molar-refractivity contribution is -0.464. The number of rotatable bonds is 10. The third-order valence-corrected chi connectivity index (χ3v) is 5.14. The summed E-state index contributed by atoms with van der Waals surface area (Å²) in [5.74, 6) is 1.47. The van der Waals surface area contributed by atoms with Crippen LogP contribution in [0.4, 0.5) is 0 Å². The molecule has 0 heterocycles. The monoisotopic (exact) mass is 592 g/mol. The normalized spacial score (nSPS) is 11.1. The van der Waals surface area contributed by atoms with E-state index in [-0.39, 0.29) is 17.4 Å². The molecule has 12 N–H and O–H groups in total. The number of nitrogens with zero attached hydrogens (tertiary/aromatic N) is 3. The lowest BCUT2D eigenvalue weighted by Gasteiger charge is -2.05. The van der Waals surface area contributed by atoms with Crippen LogP contribution in [0, 0.1) is 15.3 Å². The Labute approximate surface area is 247 Å². The summed E-state index contributed by atoms with van der Waals surface area (Å²) in [7, 11) is 3.25. The molecule has 0 fully saturated rings. The molecule has 0 unspecified atom stereocenters. The van der Waals surface area contributed by atoms with Crippen LogP contribution in [0.2, 0.25) is 0 Å². The average molecular weight is 593 g/mol. The summed E-state index contributed by atoms with van der Waals surface area (Å²) in [6, 6.07) is 22.9. The lowest BCUT2D eigenvalue weighted by atomic mass is 10.0. The number of hydrogen-bond acceptors (Lipinski definition) is 7. The summed E-state index contributed by atoms with van der Waals surface area (Å²) in [6.45, 7) is 0. The predicted molar refractivity (Wildman–Crippen MR) is 166 cm³/mol. The van der Waals surface area contributed by atoms with Gasteiger partial charge in [-0.25, -0.2) is 0 Å². The highest BCUT2D eigenvalue weighted by atomic mass is 16.9. The standard InChI is InChI=1S/C28H30N8O2.NO3.H2O/c1-37-23-7-3-5-19(17-23)9-15-25(33-35-27(29)30)21-11-13-22(14-12-21)26(34-36-28(31)32)16-10-20-6-4-8-24(18-20)38-2;2-1(3)4;/h3-18H,1-2H3,(H4,29,30,35)(H4,31,32,36);;1H2/q;-1;/p+2/b15-9+,16-10+,33-25+,34-26+;;. The first-order valence-electron chi connectivity index (χ1n) is 12.1. The summed E-state index contributed by atoms with van der Waals surface area (Å²) in [5, 5.41) is 28.7. The van der Waals surface area contributed by atoms with Crippen LogP contribution >= 0.6 is 0 Å². The van der Waals surface area contributed by atoms with Crippen molar-refractivity contribution in [3.8, 4) is 11.5 Å². The van der Waals surface area contributed by atoms with Crippen molar-refractivity contribution in [2.24, 2.45) is 33.1 Å². The van der Waals surface area contributed by atoms with E-state index in [1.807, 2.05) is 97.1 Å². The average Bonchev–Trinajstić information content (AvgIpc) is 2.97. The number of hydrogen-bond donors (Lipinski definition) is 6. The van der Waals surface area contributed by atoms with Crippen LogP contribution in [-0.2, 0) is 0 Å². The zero-order chi connectivity index (χ0) is 30.9. The number of hydrazone groups is 2. The molecule has 0 amide bonds. The molecule has 3 aromatic carbocycles. The molecule has 0 aliphatic rings. The summed E-state index contributed by atoms with van der Waals surface area (Å²) < 4.78 is 10.6. The molecular weight excluding hydrogens is 558 g/mol. The molecule has 0 aliphatic heterocycles. The van der Waals surface area contributed by atoms with Gasteiger partial charge in [0.05, 0.1) is 19.3 Å². The molecule has 15 heteroatoms. The van der Waals surface area contributed by atoms with Crippen LogP contribution in [0.25, 0.3) is 12.2 Å². The van der Waals surface area contributed by atoms with Crippen molar-refractivity contribution in [3.63, 3.8) is 0 Å². The van der Waals surface area contributed by atoms with Crippen molar-refractivity contribution >= 4 is 35.5 Å². The molecule has 0 aliphatic carbocycles. The molecule has 0 spiro atoms. The fourth-order valence-corrected chi connectivity index (χ4v) is 3.30. The second kappa shape index (κ2) is 18.2. The minimum atomic E-state index is -1.75. The van der Waals surface area contributed by atoms with E-state index in [2.05, 4.69) is 20.4 Å². The number of guanidine groups is 2. The number of ether oxygens (including phenoxy) is 2. The van der Waals surface area contributed by atoms with Gasteiger partial charge in [-0.1, -0.05) is 60.7 Å². The Morgan fingerprint density at radius 1 is 0.721 bits per heavy atom. The fraction of sp³-hybridized carbons (Fsp3) is 0.0714. The maximum Gasteiger partial charge on any atom is 0.362 e. The molecular formula is C28H34N9O6+. The molecule has 0 radical (unpaired) electrons. The van der Waals surface area contributed by atoms with E-state index in [9.17, 15) is 0 Å². The molecule has 43 heavy (non-hydrogen) atoms. The first-order chi connectivity index (χ1) is 20.1. The Morgan fingerprint density at radius 3 is 1.37 bits per heavy atom. The van der Waals surface area contributed by atoms with E-state index in [0.29, 0.717) is 11.4 Å². The van der Waals surface area contributed by atoms with Gasteiger partial charge in [-0.15, -0.1) is 10.2 Å². The Kier molecular flexibility index (Phi) is 14.7. The minimum Gasteiger partial charge on any atom is -0.497 e. The van der Waals surface area contributed by atoms with Gasteiger partial charge in [0, 0.05) is 11.1 Å². The highest BCUT2D eigenvalue weighted by Crippen LogP contribution is 2.16. The van der Waals surface area contributed by atoms with Crippen LogP contribution < -0.4 is 42.6 Å². The van der Waals surface area contributed by atoms with Gasteiger partial charge in [-0.2, -0.15) is 10.2 Å². The van der Waals surface area contributed by atoms with Gasteiger partial charge in [0.25, 0.3) is 0 Å². The Balaban J connectivity index is 0.00000174. The topological polar surface area (TPSA) is 273 Å². The lowest BCUT2D eigenvalue weighted by Crippen LogP contribution is -2.73. The van der Waals surface area contributed by atoms with Crippen molar-refractivity contribution < 1.29 is 30.2 Å². The first kappa shape index (κ1) is 34.8. The zero-order valence-electron chi connectivity index (χ0n) is 23.4. The van der Waals surface area contributed by atoms with Crippen LogP contribution in [0.1, 0.15) is 22.3 Å². The Hall–Kier alpha value is -6.22. The van der Waals surface area contributed by atoms with Crippen molar-refractivity contribution in [2.45, 2.75) is 0 Å². The van der Waals surface area contributed by atoms with Crippen LogP contribution in [0.15, 0.2) is 95.2 Å². The Bertz CT molecular complexity index is 1410. The highest BCUT2D eigenvalue weighted by molar-refractivity contribution is 6.13. The minimum absolute atomic E-state index is 0. The number of nitrogens with one attached hydrogen (secondary N) is 2. The van der Waals surface area contributed by atoms with Crippen molar-refractivity contribution in [3.05, 3.63) is 123 Å². The molecule has 3 rings (SSSR count). The molecule has 226 valence electrons. The molecule has 3 aromatic rings. The van der Waals surface area contributed by atoms with Gasteiger partial charge >= 0.3 is 11.9 Å². The van der Waals surface area contributed by atoms with E-state index in [1.165, 1.54) is 0 Å². The molecule has 0 aromatic heterocycles. The first-order valence-corrected chi connectivity index (χ1v) is 12.1. The summed E-state index contributed by atoms with van der Waals surface area (Å²) in [4.78, 5) is 8.25. The van der Waals surface area contributed by atoms with Gasteiger partial charge in [-0.3, -0.25) is 22.9 Å². The highest BCUT2D eigenvalue weighted by Gasteiger charge is 2.06. The van der Waals surface area contributed by atoms with Gasteiger partial charge in [0.1, 0.15) is 22.9 Å². The smallest absolute Gasteiger partial charge is 0.362 e. The predicted octanol–water partition coefficient (Wildman–Crippen LogP) is -1.82. The maximum atomic E-state index is 8.25. The zero-order valence-corrected chi connectivity index (χ0v) is 23.4. The van der Waals surface area contributed by atoms with Gasteiger partial charge in [0.15, 0.2) is 0 Å². The number of benzene rings is 3. The third-order valence-electron chi connectivity index (χ3n) is 5.14. The molecule has 0 atom stereocenters. The molecule has 0 saturated heterocycles. The summed E-state index contributed by atoms with van der Waals surface area (Å²) in [5.41, 5.74) is 27.0. The quantitative estimate of drug-likeness (QED) is 0.0668. The fourth-order valence-electron chi connectivity index (χ4n) is 3.30. The Morgan fingerprint density at radius 2 is 1.07 bits per heavy atom. The van der Waals surface area contributed by atoms with Gasteiger partial charge in [-0.05, 0) is 47.5 Å². The van der Waals surface area contributed by atoms with Crippen molar-refractivity contribution in [2.75, 3.05) is 14.2 Å². The molecule has 0 saturated carbocycles. The molecule has 0 bridgehead atoms. The number of allylic oxidation sites excluding steroid dienone is 2. The SMILES string of the molecule is COc1cccc(/C=C/C(=N\[NH+]=C(N)N)c2ccc(C(/C=C/c3cccc(OC)c3)=N/[NH+]=C(N)N)cc2)c1.O.O=[N+]([O-])[O-]. The van der Waals surface area contributed by atoms with Crippen LogP contribution in [-0.4, -0.2) is 48.1 Å². The molecule has 15 nitrogen and oxygen atoms in total. The van der Waals surface area contributed by atoms with Crippen LogP contribution in [0.3, 0.4) is 0 Å². The van der Waals surface area contributed by atoms with E-state index in [1.54, 1.807) is 14.2 Å². The van der Waals surface area contributed by atoms with Crippen molar-refractivity contribution in [1.82, 2.24) is 0 Å². The second-order valence-electron chi connectivity index (χ2n) is 8.15. The van der Waals surface area contributed by atoms with Crippen molar-refractivity contribution in [1.29, 1.82) is 0 Å². The second-order valence-corrected chi connectivity index (χ2v) is 8.15. The van der Waals surface area contributed by atoms with E-state index in [0.717, 1.165) is 33.8 Å². The number of nitrogens with two attached hydrogens (primary N) is 4.